The van der Waals surface area contributed by atoms with Crippen molar-refractivity contribution in [3.8, 4) is 17.2 Å². The monoisotopic (exact) mass is 421 g/mol. The number of phenols is 1. The summed E-state index contributed by atoms with van der Waals surface area (Å²) in [5, 5.41) is 18.1. The van der Waals surface area contributed by atoms with Crippen LogP contribution in [-0.4, -0.2) is 34.8 Å². The molecule has 0 spiro atoms. The predicted molar refractivity (Wildman–Crippen MR) is 113 cm³/mol. The molecule has 0 amide bonds. The van der Waals surface area contributed by atoms with Gasteiger partial charge in [0.2, 0.25) is 0 Å². The summed E-state index contributed by atoms with van der Waals surface area (Å²) < 4.78 is 17.6. The Bertz CT molecular complexity index is 1140. The molecule has 0 saturated heterocycles. The van der Waals surface area contributed by atoms with E-state index in [0.29, 0.717) is 17.3 Å². The molecule has 3 aromatic rings. The molecule has 160 valence electrons. The van der Waals surface area contributed by atoms with Crippen molar-refractivity contribution in [2.75, 3.05) is 19.0 Å². The number of nitrogens with zero attached hydrogens (tertiary/aromatic N) is 2. The lowest BCUT2D eigenvalue weighted by Crippen LogP contribution is -2.34. The molecule has 2 aromatic carbocycles. The number of phenolic OH excluding ortho intramolecular Hbond substituents is 1. The quantitative estimate of drug-likeness (QED) is 0.614. The Hall–Kier alpha value is -3.68. The summed E-state index contributed by atoms with van der Waals surface area (Å²) in [6, 6.07) is 13.6. The Morgan fingerprint density at radius 3 is 2.90 bits per heavy atom. The van der Waals surface area contributed by atoms with Crippen LogP contribution in [0.2, 0.25) is 0 Å². The second-order valence-electron chi connectivity index (χ2n) is 7.65. The van der Waals surface area contributed by atoms with Gasteiger partial charge in [-0.25, -0.2) is 9.48 Å². The SMILES string of the molecule is CCOC(=O)Oc1cnn2c1NC(c1ccc(O)c(OC)c1)C1Cc3ccccc3C12. The lowest BCUT2D eigenvalue weighted by atomic mass is 9.85. The van der Waals surface area contributed by atoms with E-state index in [4.69, 9.17) is 14.2 Å². The molecule has 0 bridgehead atoms. The minimum Gasteiger partial charge on any atom is -0.504 e. The first-order valence-electron chi connectivity index (χ1n) is 10.2. The topological polar surface area (TPSA) is 94.8 Å². The zero-order valence-corrected chi connectivity index (χ0v) is 17.2. The molecule has 0 saturated carbocycles. The molecule has 8 nitrogen and oxygen atoms in total. The number of hydrogen-bond acceptors (Lipinski definition) is 7. The van der Waals surface area contributed by atoms with Gasteiger partial charge in [-0.2, -0.15) is 5.10 Å². The first-order chi connectivity index (χ1) is 15.1. The van der Waals surface area contributed by atoms with Crippen LogP contribution in [0.4, 0.5) is 10.6 Å². The normalized spacial score (nSPS) is 20.8. The van der Waals surface area contributed by atoms with E-state index >= 15 is 0 Å². The molecule has 2 aliphatic rings. The third-order valence-corrected chi connectivity index (χ3v) is 6.00. The van der Waals surface area contributed by atoms with E-state index in [2.05, 4.69) is 22.5 Å². The fourth-order valence-corrected chi connectivity index (χ4v) is 4.70. The van der Waals surface area contributed by atoms with Crippen LogP contribution >= 0.6 is 0 Å². The molecule has 8 heteroatoms. The number of rotatable bonds is 4. The molecule has 2 heterocycles. The zero-order chi connectivity index (χ0) is 21.5. The number of benzene rings is 2. The van der Waals surface area contributed by atoms with E-state index in [9.17, 15) is 9.90 Å². The molecule has 5 rings (SSSR count). The van der Waals surface area contributed by atoms with Crippen LogP contribution in [0.1, 0.15) is 35.7 Å². The molecule has 3 unspecified atom stereocenters. The van der Waals surface area contributed by atoms with Gasteiger partial charge in [-0.05, 0) is 42.2 Å². The van der Waals surface area contributed by atoms with Gasteiger partial charge >= 0.3 is 6.16 Å². The molecule has 1 aliphatic carbocycles. The van der Waals surface area contributed by atoms with Crippen molar-refractivity contribution < 1.29 is 24.1 Å². The van der Waals surface area contributed by atoms with Crippen molar-refractivity contribution >= 4 is 12.0 Å². The number of nitrogens with one attached hydrogen (secondary N) is 1. The standard InChI is InChI=1S/C23H23N3O5/c1-3-30-23(28)31-19-12-24-26-21-15-7-5-4-6-13(15)10-16(21)20(25-22(19)26)14-8-9-17(27)18(11-14)29-2/h4-9,11-12,16,20-21,25,27H,3,10H2,1-2H3. The fourth-order valence-electron chi connectivity index (χ4n) is 4.70. The lowest BCUT2D eigenvalue weighted by Gasteiger charge is -2.37. The van der Waals surface area contributed by atoms with Gasteiger partial charge in [0.05, 0.1) is 32.0 Å². The third kappa shape index (κ3) is 3.15. The number of carbonyl (C=O) groups excluding carboxylic acids is 1. The Morgan fingerprint density at radius 2 is 2.10 bits per heavy atom. The summed E-state index contributed by atoms with van der Waals surface area (Å²) in [4.78, 5) is 11.9. The number of fused-ring (bicyclic) bond motifs is 5. The first kappa shape index (κ1) is 19.3. The van der Waals surface area contributed by atoms with Gasteiger partial charge in [0, 0.05) is 5.92 Å². The van der Waals surface area contributed by atoms with E-state index in [1.165, 1.54) is 24.4 Å². The van der Waals surface area contributed by atoms with Crippen molar-refractivity contribution in [2.45, 2.75) is 25.4 Å². The zero-order valence-electron chi connectivity index (χ0n) is 17.2. The Kier molecular flexibility index (Phi) is 4.69. The summed E-state index contributed by atoms with van der Waals surface area (Å²) in [5.74, 6) is 1.60. The average molecular weight is 421 g/mol. The maximum absolute atomic E-state index is 11.9. The highest BCUT2D eigenvalue weighted by atomic mass is 16.7. The molecule has 31 heavy (non-hydrogen) atoms. The number of methoxy groups -OCH3 is 1. The molecule has 0 fully saturated rings. The van der Waals surface area contributed by atoms with Crippen LogP contribution in [-0.2, 0) is 11.2 Å². The Morgan fingerprint density at radius 1 is 1.26 bits per heavy atom. The van der Waals surface area contributed by atoms with Gasteiger partial charge < -0.3 is 24.6 Å². The highest BCUT2D eigenvalue weighted by Gasteiger charge is 2.45. The van der Waals surface area contributed by atoms with Gasteiger partial charge in [-0.3, -0.25) is 0 Å². The maximum atomic E-state index is 11.9. The molecular formula is C23H23N3O5. The Labute approximate surface area is 179 Å². The fraction of sp³-hybridized carbons (Fsp3) is 0.304. The van der Waals surface area contributed by atoms with Crippen molar-refractivity contribution in [1.82, 2.24) is 9.78 Å². The minimum absolute atomic E-state index is 0.0169. The van der Waals surface area contributed by atoms with Crippen LogP contribution in [0.15, 0.2) is 48.7 Å². The number of aromatic nitrogens is 2. The minimum atomic E-state index is -0.767. The Balaban J connectivity index is 1.60. The van der Waals surface area contributed by atoms with E-state index in [-0.39, 0.29) is 30.4 Å². The van der Waals surface area contributed by atoms with Gasteiger partial charge in [0.25, 0.3) is 0 Å². The summed E-state index contributed by atoms with van der Waals surface area (Å²) in [7, 11) is 1.53. The second-order valence-corrected chi connectivity index (χ2v) is 7.65. The predicted octanol–water partition coefficient (Wildman–Crippen LogP) is 4.06. The highest BCUT2D eigenvalue weighted by Crippen LogP contribution is 2.52. The smallest absolute Gasteiger partial charge is 0.504 e. The lowest BCUT2D eigenvalue weighted by molar-refractivity contribution is 0.104. The van der Waals surface area contributed by atoms with Crippen LogP contribution in [0.3, 0.4) is 0 Å². The maximum Gasteiger partial charge on any atom is 0.514 e. The highest BCUT2D eigenvalue weighted by molar-refractivity contribution is 5.68. The van der Waals surface area contributed by atoms with Gasteiger partial charge in [-0.15, -0.1) is 0 Å². The van der Waals surface area contributed by atoms with Crippen LogP contribution in [0, 0.1) is 5.92 Å². The molecule has 3 atom stereocenters. The molecule has 2 N–H and O–H groups in total. The summed E-state index contributed by atoms with van der Waals surface area (Å²) in [6.45, 7) is 1.95. The number of carbonyl (C=O) groups is 1. The van der Waals surface area contributed by atoms with E-state index in [1.54, 1.807) is 13.0 Å². The van der Waals surface area contributed by atoms with E-state index in [0.717, 1.165) is 12.0 Å². The van der Waals surface area contributed by atoms with E-state index in [1.807, 2.05) is 28.9 Å². The number of hydrogen-bond donors (Lipinski definition) is 2. The van der Waals surface area contributed by atoms with Crippen molar-refractivity contribution in [3.63, 3.8) is 0 Å². The van der Waals surface area contributed by atoms with Crippen molar-refractivity contribution in [2.24, 2.45) is 5.92 Å². The summed E-state index contributed by atoms with van der Waals surface area (Å²) >= 11 is 0. The van der Waals surface area contributed by atoms with Crippen LogP contribution in [0.5, 0.6) is 17.2 Å². The van der Waals surface area contributed by atoms with E-state index < -0.39 is 6.16 Å². The van der Waals surface area contributed by atoms with Crippen LogP contribution in [0.25, 0.3) is 0 Å². The van der Waals surface area contributed by atoms with Crippen molar-refractivity contribution in [1.29, 1.82) is 0 Å². The van der Waals surface area contributed by atoms with Gasteiger partial charge in [0.15, 0.2) is 23.1 Å². The van der Waals surface area contributed by atoms with Gasteiger partial charge in [0.1, 0.15) is 0 Å². The third-order valence-electron chi connectivity index (χ3n) is 6.00. The average Bonchev–Trinajstić information content (AvgIpc) is 3.35. The van der Waals surface area contributed by atoms with Gasteiger partial charge in [-0.1, -0.05) is 30.3 Å². The largest absolute Gasteiger partial charge is 0.514 e. The molecule has 0 radical (unpaired) electrons. The summed E-state index contributed by atoms with van der Waals surface area (Å²) in [5.41, 5.74) is 3.44. The molecule has 1 aromatic heterocycles. The number of anilines is 1. The number of ether oxygens (including phenoxy) is 3. The molecular weight excluding hydrogens is 398 g/mol. The van der Waals surface area contributed by atoms with Crippen LogP contribution < -0.4 is 14.8 Å². The number of aromatic hydroxyl groups is 1. The van der Waals surface area contributed by atoms with Crippen molar-refractivity contribution in [3.05, 3.63) is 65.4 Å². The second kappa shape index (κ2) is 7.54. The molecule has 1 aliphatic heterocycles. The summed E-state index contributed by atoms with van der Waals surface area (Å²) in [6.07, 6.45) is 1.64. The first-order valence-corrected chi connectivity index (χ1v) is 10.2.